The van der Waals surface area contributed by atoms with Crippen LogP contribution in [-0.2, 0) is 11.2 Å². The minimum atomic E-state index is -0.0849. The van der Waals surface area contributed by atoms with Crippen LogP contribution in [0.25, 0.3) is 10.9 Å². The van der Waals surface area contributed by atoms with Crippen LogP contribution in [0.15, 0.2) is 48.5 Å². The molecule has 0 aliphatic carbocycles. The number of nitrogens with one attached hydrogen (secondary N) is 1. The third-order valence-electron chi connectivity index (χ3n) is 5.37. The van der Waals surface area contributed by atoms with E-state index in [0.29, 0.717) is 12.3 Å². The van der Waals surface area contributed by atoms with Gasteiger partial charge in [-0.15, -0.1) is 0 Å². The van der Waals surface area contributed by atoms with E-state index in [1.54, 1.807) is 7.11 Å². The lowest BCUT2D eigenvalue weighted by molar-refractivity contribution is -0.134. The van der Waals surface area contributed by atoms with Gasteiger partial charge in [-0.3, -0.25) is 4.79 Å². The van der Waals surface area contributed by atoms with Crippen LogP contribution in [0, 0.1) is 5.92 Å². The van der Waals surface area contributed by atoms with Crippen LogP contribution in [0.4, 0.5) is 0 Å². The van der Waals surface area contributed by atoms with Gasteiger partial charge in [0.1, 0.15) is 5.75 Å². The zero-order valence-electron chi connectivity index (χ0n) is 16.2. The van der Waals surface area contributed by atoms with Gasteiger partial charge in [-0.2, -0.15) is 0 Å². The van der Waals surface area contributed by atoms with Crippen molar-refractivity contribution < 1.29 is 9.53 Å². The summed E-state index contributed by atoms with van der Waals surface area (Å²) in [5.74, 6) is 1.39. The van der Waals surface area contributed by atoms with E-state index in [4.69, 9.17) is 4.74 Å². The standard InChI is InChI=1S/C23H26N2O2/c1-15(2)14-21(26)25-13-12-19-18-6-4-5-7-20(18)24-22(19)23(25)16-8-10-17(27-3)11-9-16/h4-11,15,23-24H,12-14H2,1-3H3. The highest BCUT2D eigenvalue weighted by molar-refractivity contribution is 5.86. The van der Waals surface area contributed by atoms with E-state index in [1.165, 1.54) is 10.9 Å². The van der Waals surface area contributed by atoms with Crippen molar-refractivity contribution in [2.75, 3.05) is 13.7 Å². The van der Waals surface area contributed by atoms with Crippen LogP contribution in [0.1, 0.15) is 43.1 Å². The van der Waals surface area contributed by atoms with Crippen molar-refractivity contribution in [2.24, 2.45) is 5.92 Å². The molecule has 0 spiro atoms. The Hall–Kier alpha value is -2.75. The number of methoxy groups -OCH3 is 1. The smallest absolute Gasteiger partial charge is 0.223 e. The fourth-order valence-electron chi connectivity index (χ4n) is 4.11. The summed E-state index contributed by atoms with van der Waals surface area (Å²) < 4.78 is 5.31. The summed E-state index contributed by atoms with van der Waals surface area (Å²) in [6.07, 6.45) is 1.46. The average molecular weight is 362 g/mol. The van der Waals surface area contributed by atoms with Gasteiger partial charge in [0.25, 0.3) is 0 Å². The highest BCUT2D eigenvalue weighted by Gasteiger charge is 2.34. The first-order valence-corrected chi connectivity index (χ1v) is 9.61. The molecule has 0 saturated carbocycles. The van der Waals surface area contributed by atoms with E-state index < -0.39 is 0 Å². The number of aromatic nitrogens is 1. The maximum Gasteiger partial charge on any atom is 0.223 e. The average Bonchev–Trinajstić information content (AvgIpc) is 3.05. The molecule has 1 aromatic heterocycles. The number of ether oxygens (including phenoxy) is 1. The molecule has 4 nitrogen and oxygen atoms in total. The lowest BCUT2D eigenvalue weighted by Crippen LogP contribution is -2.41. The Bertz CT molecular complexity index is 956. The molecular weight excluding hydrogens is 336 g/mol. The molecule has 0 fully saturated rings. The van der Waals surface area contributed by atoms with Crippen LogP contribution in [0.2, 0.25) is 0 Å². The number of carbonyl (C=O) groups is 1. The molecule has 4 heteroatoms. The van der Waals surface area contributed by atoms with Gasteiger partial charge in [0, 0.05) is 29.6 Å². The molecule has 2 aromatic carbocycles. The molecule has 27 heavy (non-hydrogen) atoms. The van der Waals surface area contributed by atoms with Crippen molar-refractivity contribution in [1.82, 2.24) is 9.88 Å². The monoisotopic (exact) mass is 362 g/mol. The third kappa shape index (κ3) is 3.20. The number of para-hydroxylation sites is 1. The summed E-state index contributed by atoms with van der Waals surface area (Å²) >= 11 is 0. The van der Waals surface area contributed by atoms with Crippen LogP contribution >= 0.6 is 0 Å². The molecule has 0 radical (unpaired) electrons. The first-order chi connectivity index (χ1) is 13.1. The van der Waals surface area contributed by atoms with Crippen LogP contribution in [-0.4, -0.2) is 29.4 Å². The van der Waals surface area contributed by atoms with Crippen LogP contribution in [0.3, 0.4) is 0 Å². The van der Waals surface area contributed by atoms with Gasteiger partial charge in [0.15, 0.2) is 0 Å². The van der Waals surface area contributed by atoms with Crippen LogP contribution in [0.5, 0.6) is 5.75 Å². The van der Waals surface area contributed by atoms with Crippen LogP contribution < -0.4 is 4.74 Å². The molecule has 2 heterocycles. The van der Waals surface area contributed by atoms with Gasteiger partial charge in [0.2, 0.25) is 5.91 Å². The number of nitrogens with zero attached hydrogens (tertiary/aromatic N) is 1. The maximum absolute atomic E-state index is 13.0. The summed E-state index contributed by atoms with van der Waals surface area (Å²) in [5, 5.41) is 1.27. The van der Waals surface area contributed by atoms with Gasteiger partial charge in [0.05, 0.1) is 13.2 Å². The maximum atomic E-state index is 13.0. The molecule has 1 unspecified atom stereocenters. The number of rotatable bonds is 4. The van der Waals surface area contributed by atoms with Gasteiger partial charge in [-0.1, -0.05) is 44.2 Å². The molecule has 1 N–H and O–H groups in total. The van der Waals surface area contributed by atoms with Crippen molar-refractivity contribution in [3.05, 3.63) is 65.4 Å². The molecule has 140 valence electrons. The quantitative estimate of drug-likeness (QED) is 0.731. The second-order valence-corrected chi connectivity index (χ2v) is 7.67. The number of fused-ring (bicyclic) bond motifs is 3. The molecule has 1 aliphatic heterocycles. The van der Waals surface area contributed by atoms with Crippen molar-refractivity contribution in [3.8, 4) is 5.75 Å². The van der Waals surface area contributed by atoms with E-state index in [2.05, 4.69) is 49.2 Å². The fourth-order valence-corrected chi connectivity index (χ4v) is 4.11. The van der Waals surface area contributed by atoms with E-state index >= 15 is 0 Å². The number of benzene rings is 2. The molecule has 3 aromatic rings. The van der Waals surface area contributed by atoms with Crippen molar-refractivity contribution in [2.45, 2.75) is 32.7 Å². The first-order valence-electron chi connectivity index (χ1n) is 9.61. The Labute approximate surface area is 160 Å². The molecule has 0 saturated heterocycles. The number of hydrogen-bond acceptors (Lipinski definition) is 2. The molecule has 1 atom stereocenters. The number of hydrogen-bond donors (Lipinski definition) is 1. The highest BCUT2D eigenvalue weighted by atomic mass is 16.5. The summed E-state index contributed by atoms with van der Waals surface area (Å²) in [7, 11) is 1.67. The summed E-state index contributed by atoms with van der Waals surface area (Å²) in [5.41, 5.74) is 4.73. The number of carbonyl (C=O) groups excluding carboxylic acids is 1. The molecule has 1 aliphatic rings. The van der Waals surface area contributed by atoms with E-state index in [1.807, 2.05) is 23.1 Å². The summed E-state index contributed by atoms with van der Waals surface area (Å²) in [6.45, 7) is 4.94. The predicted molar refractivity (Wildman–Crippen MR) is 108 cm³/mol. The second kappa shape index (κ2) is 7.10. The fraction of sp³-hybridized carbons (Fsp3) is 0.348. The van der Waals surface area contributed by atoms with Crippen molar-refractivity contribution in [3.63, 3.8) is 0 Å². The predicted octanol–water partition coefficient (Wildman–Crippen LogP) is 4.70. The Morgan fingerprint density at radius 2 is 1.93 bits per heavy atom. The second-order valence-electron chi connectivity index (χ2n) is 7.67. The highest BCUT2D eigenvalue weighted by Crippen LogP contribution is 2.39. The topological polar surface area (TPSA) is 45.3 Å². The minimum absolute atomic E-state index is 0.0849. The zero-order chi connectivity index (χ0) is 19.0. The Morgan fingerprint density at radius 1 is 1.19 bits per heavy atom. The Morgan fingerprint density at radius 3 is 2.63 bits per heavy atom. The van der Waals surface area contributed by atoms with Gasteiger partial charge in [-0.05, 0) is 41.7 Å². The van der Waals surface area contributed by atoms with E-state index in [9.17, 15) is 4.79 Å². The zero-order valence-corrected chi connectivity index (χ0v) is 16.2. The van der Waals surface area contributed by atoms with Crippen molar-refractivity contribution >= 4 is 16.8 Å². The van der Waals surface area contributed by atoms with E-state index in [-0.39, 0.29) is 11.9 Å². The molecule has 4 rings (SSSR count). The summed E-state index contributed by atoms with van der Waals surface area (Å²) in [6, 6.07) is 16.4. The van der Waals surface area contributed by atoms with Crippen molar-refractivity contribution in [1.29, 1.82) is 0 Å². The Kier molecular flexibility index (Phi) is 4.65. The molecule has 0 bridgehead atoms. The molecule has 1 amide bonds. The van der Waals surface area contributed by atoms with Gasteiger partial charge >= 0.3 is 0 Å². The SMILES string of the molecule is COc1ccc(C2c3[nH]c4ccccc4c3CCN2C(=O)CC(C)C)cc1. The first kappa shape index (κ1) is 17.7. The van der Waals surface area contributed by atoms with E-state index in [0.717, 1.165) is 35.5 Å². The normalized spacial score (nSPS) is 16.6. The lowest BCUT2D eigenvalue weighted by Gasteiger charge is -2.36. The number of amides is 1. The van der Waals surface area contributed by atoms with Gasteiger partial charge < -0.3 is 14.6 Å². The third-order valence-corrected chi connectivity index (χ3v) is 5.37. The largest absolute Gasteiger partial charge is 0.497 e. The number of aromatic amines is 1. The number of H-pyrrole nitrogens is 1. The summed E-state index contributed by atoms with van der Waals surface area (Å²) in [4.78, 5) is 18.7. The lowest BCUT2D eigenvalue weighted by atomic mass is 9.91. The van der Waals surface area contributed by atoms with Gasteiger partial charge in [-0.25, -0.2) is 0 Å². The minimum Gasteiger partial charge on any atom is -0.497 e. The molecular formula is C23H26N2O2. The Balaban J connectivity index is 1.83.